The lowest BCUT2D eigenvalue weighted by Gasteiger charge is -2.29. The van der Waals surface area contributed by atoms with Gasteiger partial charge < -0.3 is 15.3 Å². The van der Waals surface area contributed by atoms with Gasteiger partial charge in [0.25, 0.3) is 0 Å². The van der Waals surface area contributed by atoms with E-state index < -0.39 is 23.5 Å². The maximum absolute atomic E-state index is 12.2. The van der Waals surface area contributed by atoms with Crippen LogP contribution in [0.25, 0.3) is 0 Å². The fourth-order valence-corrected chi connectivity index (χ4v) is 3.27. The summed E-state index contributed by atoms with van der Waals surface area (Å²) in [5.74, 6) is -0.628. The maximum Gasteiger partial charge on any atom is 0.329 e. The van der Waals surface area contributed by atoms with Crippen LogP contribution in [0, 0.1) is 0 Å². The number of hydrogen-bond acceptors (Lipinski definition) is 4. The summed E-state index contributed by atoms with van der Waals surface area (Å²) in [6, 6.07) is -0.571. The Morgan fingerprint density at radius 2 is 2.11 bits per heavy atom. The highest BCUT2D eigenvalue weighted by molar-refractivity contribution is 7.99. The molecule has 6 nitrogen and oxygen atoms in total. The second kappa shape index (κ2) is 6.27. The van der Waals surface area contributed by atoms with Crippen LogP contribution in [0.4, 0.5) is 0 Å². The lowest BCUT2D eigenvalue weighted by molar-refractivity contribution is -0.148. The third kappa shape index (κ3) is 3.62. The largest absolute Gasteiger partial charge is 0.480 e. The number of nitrogens with zero attached hydrogens (tertiary/aromatic N) is 1. The molecule has 0 radical (unpaired) electrons. The van der Waals surface area contributed by atoms with Crippen LogP contribution in [0.3, 0.4) is 0 Å². The summed E-state index contributed by atoms with van der Waals surface area (Å²) in [5, 5.41) is 11.8. The summed E-state index contributed by atoms with van der Waals surface area (Å²) in [4.78, 5) is 36.3. The first kappa shape index (κ1) is 15.8. The number of aliphatic carboxylic acids is 1. The average molecular weight is 288 g/mol. The maximum atomic E-state index is 12.2. The fourth-order valence-electron chi connectivity index (χ4n) is 2.05. The van der Waals surface area contributed by atoms with Gasteiger partial charge in [-0.05, 0) is 13.3 Å². The Balaban J connectivity index is 2.77. The van der Waals surface area contributed by atoms with Gasteiger partial charge in [-0.1, -0.05) is 13.3 Å². The zero-order valence-corrected chi connectivity index (χ0v) is 12.2. The first-order valence-electron chi connectivity index (χ1n) is 6.22. The summed E-state index contributed by atoms with van der Waals surface area (Å²) in [6.07, 6.45) is 1.01. The van der Waals surface area contributed by atoms with Crippen molar-refractivity contribution in [2.45, 2.75) is 45.2 Å². The van der Waals surface area contributed by atoms with E-state index in [1.54, 1.807) is 0 Å². The third-order valence-corrected chi connectivity index (χ3v) is 4.22. The molecule has 2 amide bonds. The first-order valence-corrected chi connectivity index (χ1v) is 7.37. The van der Waals surface area contributed by atoms with Gasteiger partial charge in [0.15, 0.2) is 0 Å². The smallest absolute Gasteiger partial charge is 0.329 e. The van der Waals surface area contributed by atoms with E-state index >= 15 is 0 Å². The van der Waals surface area contributed by atoms with Crippen LogP contribution in [0.15, 0.2) is 0 Å². The predicted octanol–water partition coefficient (Wildman–Crippen LogP) is 0.667. The molecule has 0 aromatic heterocycles. The number of amides is 2. The Hall–Kier alpha value is -1.24. The minimum Gasteiger partial charge on any atom is -0.480 e. The van der Waals surface area contributed by atoms with Crippen LogP contribution < -0.4 is 5.32 Å². The van der Waals surface area contributed by atoms with Crippen molar-refractivity contribution in [3.05, 3.63) is 0 Å². The molecule has 0 bridgehead atoms. The van der Waals surface area contributed by atoms with E-state index in [9.17, 15) is 19.5 Å². The van der Waals surface area contributed by atoms with Crippen molar-refractivity contribution in [2.75, 3.05) is 11.6 Å². The molecule has 1 heterocycles. The topological polar surface area (TPSA) is 86.7 Å². The summed E-state index contributed by atoms with van der Waals surface area (Å²) in [5.41, 5.74) is -1.28. The summed E-state index contributed by atoms with van der Waals surface area (Å²) < 4.78 is 0. The molecule has 0 unspecified atom stereocenters. The molecule has 1 rings (SSSR count). The van der Waals surface area contributed by atoms with Gasteiger partial charge in [0.05, 0.1) is 5.88 Å². The molecule has 2 N–H and O–H groups in total. The molecule has 0 aliphatic carbocycles. The number of carboxylic acid groups (broad SMARTS) is 1. The van der Waals surface area contributed by atoms with Crippen LogP contribution in [0.5, 0.6) is 0 Å². The zero-order valence-electron chi connectivity index (χ0n) is 11.4. The molecular formula is C12H20N2O4S. The molecule has 2 atom stereocenters. The Bertz CT molecular complexity index is 388. The highest BCUT2D eigenvalue weighted by atomic mass is 32.2. The van der Waals surface area contributed by atoms with Crippen molar-refractivity contribution >= 4 is 29.5 Å². The van der Waals surface area contributed by atoms with E-state index in [4.69, 9.17) is 0 Å². The number of carbonyl (C=O) groups is 3. The van der Waals surface area contributed by atoms with Crippen LogP contribution >= 0.6 is 11.8 Å². The molecule has 0 saturated carbocycles. The monoisotopic (exact) mass is 288 g/mol. The normalized spacial score (nSPS) is 21.8. The van der Waals surface area contributed by atoms with E-state index in [0.717, 1.165) is 0 Å². The van der Waals surface area contributed by atoms with Crippen molar-refractivity contribution in [2.24, 2.45) is 0 Å². The van der Waals surface area contributed by atoms with Gasteiger partial charge >= 0.3 is 5.97 Å². The molecule has 1 aliphatic rings. The standard InChI is InChI=1S/C12H20N2O4S/c1-4-5-12(3,11(17)18)13-10(16)9-6-19-7-14(9)8(2)15/h9H,4-7H2,1-3H3,(H,13,16)(H,17,18)/t9-,12-/m0/s1. The predicted molar refractivity (Wildman–Crippen MR) is 72.7 cm³/mol. The fraction of sp³-hybridized carbons (Fsp3) is 0.750. The van der Waals surface area contributed by atoms with E-state index in [2.05, 4.69) is 5.32 Å². The molecule has 1 fully saturated rings. The summed E-state index contributed by atoms with van der Waals surface area (Å²) in [6.45, 7) is 4.77. The van der Waals surface area contributed by atoms with E-state index in [0.29, 0.717) is 24.5 Å². The van der Waals surface area contributed by atoms with Crippen LogP contribution in [-0.4, -0.2) is 51.0 Å². The number of carbonyl (C=O) groups excluding carboxylic acids is 2. The van der Waals surface area contributed by atoms with Gasteiger partial charge in [-0.3, -0.25) is 9.59 Å². The van der Waals surface area contributed by atoms with Crippen molar-refractivity contribution in [3.8, 4) is 0 Å². The van der Waals surface area contributed by atoms with Crippen LogP contribution in [0.2, 0.25) is 0 Å². The number of nitrogens with one attached hydrogen (secondary N) is 1. The molecule has 0 aromatic carbocycles. The van der Waals surface area contributed by atoms with Gasteiger partial charge in [-0.25, -0.2) is 4.79 Å². The molecule has 7 heteroatoms. The van der Waals surface area contributed by atoms with Crippen molar-refractivity contribution in [1.29, 1.82) is 0 Å². The van der Waals surface area contributed by atoms with Gasteiger partial charge in [0.2, 0.25) is 11.8 Å². The molecule has 19 heavy (non-hydrogen) atoms. The van der Waals surface area contributed by atoms with Gasteiger partial charge in [0, 0.05) is 12.7 Å². The second-order valence-corrected chi connectivity index (χ2v) is 5.88. The van der Waals surface area contributed by atoms with Crippen LogP contribution in [0.1, 0.15) is 33.6 Å². The lowest BCUT2D eigenvalue weighted by Crippen LogP contribution is -2.57. The Morgan fingerprint density at radius 1 is 1.47 bits per heavy atom. The van der Waals surface area contributed by atoms with E-state index in [1.165, 1.54) is 30.5 Å². The van der Waals surface area contributed by atoms with Crippen molar-refractivity contribution < 1.29 is 19.5 Å². The van der Waals surface area contributed by atoms with Gasteiger partial charge in [-0.2, -0.15) is 0 Å². The second-order valence-electron chi connectivity index (χ2n) is 4.88. The van der Waals surface area contributed by atoms with E-state index in [1.807, 2.05) is 6.92 Å². The zero-order chi connectivity index (χ0) is 14.6. The molecule has 1 aliphatic heterocycles. The third-order valence-electron chi connectivity index (χ3n) is 3.21. The van der Waals surface area contributed by atoms with Crippen LogP contribution in [-0.2, 0) is 14.4 Å². The molecule has 1 saturated heterocycles. The minimum absolute atomic E-state index is 0.169. The van der Waals surface area contributed by atoms with Gasteiger partial charge in [-0.15, -0.1) is 11.8 Å². The van der Waals surface area contributed by atoms with E-state index in [-0.39, 0.29) is 5.91 Å². The lowest BCUT2D eigenvalue weighted by atomic mass is 9.96. The minimum atomic E-state index is -1.28. The number of rotatable bonds is 5. The highest BCUT2D eigenvalue weighted by Crippen LogP contribution is 2.22. The number of thioether (sulfide) groups is 1. The molecular weight excluding hydrogens is 268 g/mol. The number of carboxylic acids is 1. The Labute approximate surface area is 116 Å². The molecule has 108 valence electrons. The Kier molecular flexibility index (Phi) is 5.22. The summed E-state index contributed by atoms with van der Waals surface area (Å²) >= 11 is 1.49. The summed E-state index contributed by atoms with van der Waals surface area (Å²) in [7, 11) is 0. The van der Waals surface area contributed by atoms with Crippen molar-refractivity contribution in [1.82, 2.24) is 10.2 Å². The van der Waals surface area contributed by atoms with Gasteiger partial charge in [0.1, 0.15) is 11.6 Å². The number of hydrogen-bond donors (Lipinski definition) is 2. The molecule has 0 spiro atoms. The highest BCUT2D eigenvalue weighted by Gasteiger charge is 2.39. The first-order chi connectivity index (χ1) is 8.81. The average Bonchev–Trinajstić information content (AvgIpc) is 2.77. The molecule has 0 aromatic rings. The SMILES string of the molecule is CCC[C@](C)(NC(=O)[C@@H]1CSCN1C(C)=O)C(=O)O. The Morgan fingerprint density at radius 3 is 2.58 bits per heavy atom. The quantitative estimate of drug-likeness (QED) is 0.776. The van der Waals surface area contributed by atoms with Crippen molar-refractivity contribution in [3.63, 3.8) is 0 Å².